The fourth-order valence-electron chi connectivity index (χ4n) is 3.50. The van der Waals surface area contributed by atoms with Gasteiger partial charge in [0.05, 0.1) is 6.61 Å². The van der Waals surface area contributed by atoms with Crippen LogP contribution in [0.3, 0.4) is 0 Å². The Morgan fingerprint density at radius 3 is 3.00 bits per heavy atom. The van der Waals surface area contributed by atoms with Crippen molar-refractivity contribution >= 4 is 17.7 Å². The lowest BCUT2D eigenvalue weighted by atomic mass is 10.0. The van der Waals surface area contributed by atoms with E-state index in [0.29, 0.717) is 17.6 Å². The first-order valence-corrected chi connectivity index (χ1v) is 9.94. The highest BCUT2D eigenvalue weighted by atomic mass is 32.2. The van der Waals surface area contributed by atoms with E-state index in [0.717, 1.165) is 44.1 Å². The van der Waals surface area contributed by atoms with Crippen molar-refractivity contribution in [2.45, 2.75) is 31.6 Å². The first kappa shape index (κ1) is 16.5. The molecular formula is C19H23N3O2S. The Morgan fingerprint density at radius 2 is 2.16 bits per heavy atom. The number of carbonyl (C=O) groups excluding carboxylic acids is 1. The number of nitrogens with zero attached hydrogens (tertiary/aromatic N) is 3. The summed E-state index contributed by atoms with van der Waals surface area (Å²) < 4.78 is 7.38. The molecule has 132 valence electrons. The molecule has 0 N–H and O–H groups in total. The molecule has 0 spiro atoms. The molecule has 1 saturated heterocycles. The molecule has 3 heterocycles. The summed E-state index contributed by atoms with van der Waals surface area (Å²) in [6.07, 6.45) is 1.92. The molecule has 2 aromatic rings. The van der Waals surface area contributed by atoms with Gasteiger partial charge in [-0.15, -0.1) is 0 Å². The SMILES string of the molecule is Cc1ccccc1C1CCN(C(=O)c2cc3n(n2)CCCO3)CCS1. The summed E-state index contributed by atoms with van der Waals surface area (Å²) in [5, 5.41) is 4.90. The molecule has 6 heteroatoms. The lowest BCUT2D eigenvalue weighted by molar-refractivity contribution is 0.0759. The predicted octanol–water partition coefficient (Wildman–Crippen LogP) is 3.29. The Bertz CT molecular complexity index is 750. The van der Waals surface area contributed by atoms with Gasteiger partial charge in [0, 0.05) is 43.1 Å². The Labute approximate surface area is 152 Å². The van der Waals surface area contributed by atoms with Gasteiger partial charge < -0.3 is 9.64 Å². The first-order chi connectivity index (χ1) is 12.2. The van der Waals surface area contributed by atoms with E-state index in [-0.39, 0.29) is 5.91 Å². The van der Waals surface area contributed by atoms with Crippen molar-refractivity contribution < 1.29 is 9.53 Å². The molecule has 2 aliphatic heterocycles. The number of benzene rings is 1. The summed E-state index contributed by atoms with van der Waals surface area (Å²) in [5.41, 5.74) is 3.24. The van der Waals surface area contributed by atoms with Crippen LogP contribution < -0.4 is 4.74 Å². The highest BCUT2D eigenvalue weighted by Crippen LogP contribution is 2.36. The molecule has 1 aromatic carbocycles. The van der Waals surface area contributed by atoms with E-state index in [1.54, 1.807) is 10.7 Å². The van der Waals surface area contributed by atoms with Crippen molar-refractivity contribution in [3.05, 3.63) is 47.2 Å². The molecule has 5 nitrogen and oxygen atoms in total. The second-order valence-corrected chi connectivity index (χ2v) is 7.90. The van der Waals surface area contributed by atoms with Crippen molar-refractivity contribution in [1.29, 1.82) is 0 Å². The molecule has 1 amide bonds. The van der Waals surface area contributed by atoms with Gasteiger partial charge in [-0.3, -0.25) is 4.79 Å². The van der Waals surface area contributed by atoms with E-state index < -0.39 is 0 Å². The van der Waals surface area contributed by atoms with Crippen molar-refractivity contribution in [3.63, 3.8) is 0 Å². The Hall–Kier alpha value is -1.95. The fourth-order valence-corrected chi connectivity index (χ4v) is 4.83. The third kappa shape index (κ3) is 3.40. The van der Waals surface area contributed by atoms with Gasteiger partial charge in [0.1, 0.15) is 0 Å². The van der Waals surface area contributed by atoms with Crippen LogP contribution in [0.25, 0.3) is 0 Å². The smallest absolute Gasteiger partial charge is 0.274 e. The molecule has 25 heavy (non-hydrogen) atoms. The molecular weight excluding hydrogens is 334 g/mol. The van der Waals surface area contributed by atoms with Crippen molar-refractivity contribution in [2.75, 3.05) is 25.4 Å². The van der Waals surface area contributed by atoms with E-state index in [1.807, 2.05) is 16.7 Å². The van der Waals surface area contributed by atoms with Crippen LogP contribution in [0, 0.1) is 6.92 Å². The number of aromatic nitrogens is 2. The summed E-state index contributed by atoms with van der Waals surface area (Å²) in [7, 11) is 0. The topological polar surface area (TPSA) is 47.4 Å². The predicted molar refractivity (Wildman–Crippen MR) is 99.2 cm³/mol. The third-order valence-corrected chi connectivity index (χ3v) is 6.20. The fraction of sp³-hybridized carbons (Fsp3) is 0.474. The van der Waals surface area contributed by atoms with Crippen LogP contribution in [0.5, 0.6) is 5.88 Å². The minimum Gasteiger partial charge on any atom is -0.478 e. The maximum absolute atomic E-state index is 12.9. The Morgan fingerprint density at radius 1 is 1.28 bits per heavy atom. The maximum atomic E-state index is 12.9. The number of aryl methyl sites for hydroxylation is 2. The van der Waals surface area contributed by atoms with Gasteiger partial charge >= 0.3 is 0 Å². The normalized spacial score (nSPS) is 20.5. The summed E-state index contributed by atoms with van der Waals surface area (Å²) in [4.78, 5) is 14.8. The number of carbonyl (C=O) groups is 1. The zero-order chi connectivity index (χ0) is 17.2. The maximum Gasteiger partial charge on any atom is 0.274 e. The van der Waals surface area contributed by atoms with Crippen LogP contribution in [0.2, 0.25) is 0 Å². The number of rotatable bonds is 2. The van der Waals surface area contributed by atoms with Crippen LogP contribution in [0.15, 0.2) is 30.3 Å². The van der Waals surface area contributed by atoms with Crippen LogP contribution >= 0.6 is 11.8 Å². The monoisotopic (exact) mass is 357 g/mol. The van der Waals surface area contributed by atoms with E-state index in [4.69, 9.17) is 4.74 Å². The highest BCUT2D eigenvalue weighted by Gasteiger charge is 2.26. The van der Waals surface area contributed by atoms with E-state index in [9.17, 15) is 4.79 Å². The Balaban J connectivity index is 1.46. The minimum atomic E-state index is 0.0246. The summed E-state index contributed by atoms with van der Waals surface area (Å²) in [6.45, 7) is 5.24. The number of ether oxygens (including phenoxy) is 1. The molecule has 0 aliphatic carbocycles. The van der Waals surface area contributed by atoms with Crippen molar-refractivity contribution in [3.8, 4) is 5.88 Å². The van der Waals surface area contributed by atoms with Gasteiger partial charge in [0.2, 0.25) is 5.88 Å². The first-order valence-electron chi connectivity index (χ1n) is 8.89. The van der Waals surface area contributed by atoms with E-state index in [2.05, 4.69) is 36.3 Å². The van der Waals surface area contributed by atoms with Crippen LogP contribution in [-0.2, 0) is 6.54 Å². The lowest BCUT2D eigenvalue weighted by Gasteiger charge is -2.19. The average Bonchev–Trinajstić information content (AvgIpc) is 2.92. The minimum absolute atomic E-state index is 0.0246. The zero-order valence-corrected chi connectivity index (χ0v) is 15.3. The summed E-state index contributed by atoms with van der Waals surface area (Å²) in [6, 6.07) is 10.4. The quantitative estimate of drug-likeness (QED) is 0.827. The van der Waals surface area contributed by atoms with Crippen molar-refractivity contribution in [2.24, 2.45) is 0 Å². The number of hydrogen-bond acceptors (Lipinski definition) is 4. The Kier molecular flexibility index (Phi) is 4.70. The second-order valence-electron chi connectivity index (χ2n) is 6.59. The lowest BCUT2D eigenvalue weighted by Crippen LogP contribution is -2.33. The van der Waals surface area contributed by atoms with E-state index in [1.165, 1.54) is 11.1 Å². The molecule has 0 bridgehead atoms. The van der Waals surface area contributed by atoms with Crippen LogP contribution in [0.1, 0.15) is 39.7 Å². The molecule has 1 unspecified atom stereocenters. The molecule has 1 fully saturated rings. The second kappa shape index (κ2) is 7.12. The standard InChI is InChI=1S/C19H23N3O2S/c1-14-5-2-3-6-15(14)17-7-9-21(10-12-25-17)19(23)16-13-18-22(20-16)8-4-11-24-18/h2-3,5-6,13,17H,4,7-12H2,1H3. The van der Waals surface area contributed by atoms with Gasteiger partial charge in [-0.2, -0.15) is 16.9 Å². The molecule has 1 atom stereocenters. The summed E-state index contributed by atoms with van der Waals surface area (Å²) >= 11 is 1.95. The highest BCUT2D eigenvalue weighted by molar-refractivity contribution is 7.99. The van der Waals surface area contributed by atoms with Gasteiger partial charge in [-0.1, -0.05) is 24.3 Å². The largest absolute Gasteiger partial charge is 0.478 e. The summed E-state index contributed by atoms with van der Waals surface area (Å²) in [5.74, 6) is 1.70. The van der Waals surface area contributed by atoms with E-state index >= 15 is 0 Å². The molecule has 1 aromatic heterocycles. The van der Waals surface area contributed by atoms with Gasteiger partial charge in [0.25, 0.3) is 5.91 Å². The molecule has 4 rings (SSSR count). The average molecular weight is 357 g/mol. The van der Waals surface area contributed by atoms with Crippen LogP contribution in [0.4, 0.5) is 0 Å². The van der Waals surface area contributed by atoms with Gasteiger partial charge in [0.15, 0.2) is 5.69 Å². The van der Waals surface area contributed by atoms with Gasteiger partial charge in [-0.05, 0) is 24.5 Å². The number of hydrogen-bond donors (Lipinski definition) is 0. The van der Waals surface area contributed by atoms with Crippen LogP contribution in [-0.4, -0.2) is 46.0 Å². The van der Waals surface area contributed by atoms with Crippen molar-refractivity contribution in [1.82, 2.24) is 14.7 Å². The number of amides is 1. The molecule has 0 saturated carbocycles. The number of thioether (sulfide) groups is 1. The van der Waals surface area contributed by atoms with Gasteiger partial charge in [-0.25, -0.2) is 4.68 Å². The zero-order valence-electron chi connectivity index (χ0n) is 14.5. The molecule has 2 aliphatic rings. The molecule has 0 radical (unpaired) electrons. The number of fused-ring (bicyclic) bond motifs is 1. The third-order valence-electron chi connectivity index (χ3n) is 4.89.